The summed E-state index contributed by atoms with van der Waals surface area (Å²) in [6.07, 6.45) is 6.56. The van der Waals surface area contributed by atoms with Gasteiger partial charge in [0.05, 0.1) is 6.54 Å². The molecule has 0 aromatic heterocycles. The first-order valence-corrected chi connectivity index (χ1v) is 8.43. The van der Waals surface area contributed by atoms with Crippen molar-refractivity contribution in [3.05, 3.63) is 0 Å². The summed E-state index contributed by atoms with van der Waals surface area (Å²) in [5.41, 5.74) is -0.139. The lowest BCUT2D eigenvalue weighted by Gasteiger charge is -2.33. The maximum Gasteiger partial charge on any atom is 0.315 e. The fourth-order valence-electron chi connectivity index (χ4n) is 3.44. The second-order valence-electron chi connectivity index (χ2n) is 8.33. The molecule has 1 aliphatic carbocycles. The molecule has 0 atom stereocenters. The molecule has 1 saturated carbocycles. The lowest BCUT2D eigenvalue weighted by molar-refractivity contribution is -0.121. The molecular weight excluding hydrogens is 278 g/mol. The Hall–Kier alpha value is -1.26. The summed E-state index contributed by atoms with van der Waals surface area (Å²) >= 11 is 0. The molecule has 1 rings (SSSR count). The number of carbonyl (C=O) groups excluding carboxylic acids is 2. The Kier molecular flexibility index (Phi) is 6.69. The van der Waals surface area contributed by atoms with Gasteiger partial charge in [-0.05, 0) is 38.5 Å². The second kappa shape index (κ2) is 7.84. The van der Waals surface area contributed by atoms with Crippen LogP contribution in [-0.2, 0) is 4.79 Å². The highest BCUT2D eigenvalue weighted by Crippen LogP contribution is 2.26. The van der Waals surface area contributed by atoms with Crippen LogP contribution in [0.15, 0.2) is 0 Å². The standard InChI is InChI=1S/C17H33N3O2/c1-16(2,3)12-17(4,5)20-14(21)11-18-15(22)19-13-9-7-6-8-10-13/h13H,6-12H2,1-5H3,(H,20,21)(H2,18,19,22). The SMILES string of the molecule is CC(C)(C)CC(C)(C)NC(=O)CNC(=O)NC1CCCCC1. The van der Waals surface area contributed by atoms with Crippen LogP contribution < -0.4 is 16.0 Å². The van der Waals surface area contributed by atoms with Crippen molar-refractivity contribution in [2.24, 2.45) is 5.41 Å². The van der Waals surface area contributed by atoms with Gasteiger partial charge in [-0.1, -0.05) is 40.0 Å². The number of hydrogen-bond donors (Lipinski definition) is 3. The Morgan fingerprint density at radius 2 is 1.59 bits per heavy atom. The van der Waals surface area contributed by atoms with Crippen molar-refractivity contribution in [1.29, 1.82) is 0 Å². The third kappa shape index (κ3) is 8.25. The molecule has 0 radical (unpaired) electrons. The van der Waals surface area contributed by atoms with Crippen LogP contribution in [0.4, 0.5) is 4.79 Å². The van der Waals surface area contributed by atoms with Crippen LogP contribution in [0.2, 0.25) is 0 Å². The average molecular weight is 311 g/mol. The number of urea groups is 1. The molecule has 0 bridgehead atoms. The summed E-state index contributed by atoms with van der Waals surface area (Å²) in [6, 6.07) is 0.0184. The Balaban J connectivity index is 2.28. The molecule has 1 fully saturated rings. The Morgan fingerprint density at radius 3 is 2.14 bits per heavy atom. The Morgan fingerprint density at radius 1 is 1.00 bits per heavy atom. The monoisotopic (exact) mass is 311 g/mol. The minimum atomic E-state index is -0.281. The van der Waals surface area contributed by atoms with Crippen molar-refractivity contribution in [2.45, 2.75) is 84.7 Å². The van der Waals surface area contributed by atoms with Gasteiger partial charge in [0, 0.05) is 11.6 Å². The van der Waals surface area contributed by atoms with Crippen molar-refractivity contribution >= 4 is 11.9 Å². The van der Waals surface area contributed by atoms with Crippen LogP contribution in [0, 0.1) is 5.41 Å². The molecule has 3 N–H and O–H groups in total. The lowest BCUT2D eigenvalue weighted by Crippen LogP contribution is -2.51. The van der Waals surface area contributed by atoms with Crippen LogP contribution in [-0.4, -0.2) is 30.1 Å². The van der Waals surface area contributed by atoms with Gasteiger partial charge in [-0.15, -0.1) is 0 Å². The molecule has 0 aliphatic heterocycles. The van der Waals surface area contributed by atoms with Gasteiger partial charge in [0.2, 0.25) is 5.91 Å². The maximum atomic E-state index is 12.0. The van der Waals surface area contributed by atoms with Crippen molar-refractivity contribution in [3.8, 4) is 0 Å². The van der Waals surface area contributed by atoms with E-state index in [1.807, 2.05) is 13.8 Å². The van der Waals surface area contributed by atoms with E-state index in [0.29, 0.717) is 0 Å². The smallest absolute Gasteiger partial charge is 0.315 e. The molecule has 3 amide bonds. The fraction of sp³-hybridized carbons (Fsp3) is 0.882. The van der Waals surface area contributed by atoms with E-state index in [9.17, 15) is 9.59 Å². The third-order valence-corrected chi connectivity index (χ3v) is 3.80. The first-order chi connectivity index (χ1) is 10.1. The molecule has 0 aromatic rings. The topological polar surface area (TPSA) is 70.2 Å². The Bertz CT molecular complexity index is 380. The second-order valence-corrected chi connectivity index (χ2v) is 8.33. The molecule has 128 valence electrons. The van der Waals surface area contributed by atoms with Crippen molar-refractivity contribution in [1.82, 2.24) is 16.0 Å². The summed E-state index contributed by atoms with van der Waals surface area (Å²) in [5.74, 6) is -0.145. The summed E-state index contributed by atoms with van der Waals surface area (Å²) in [5, 5.41) is 8.59. The van der Waals surface area contributed by atoms with E-state index in [-0.39, 0.29) is 35.5 Å². The van der Waals surface area contributed by atoms with Gasteiger partial charge in [0.25, 0.3) is 0 Å². The highest BCUT2D eigenvalue weighted by molar-refractivity contribution is 5.84. The zero-order chi connectivity index (χ0) is 16.8. The van der Waals surface area contributed by atoms with Crippen LogP contribution in [0.3, 0.4) is 0 Å². The molecule has 0 spiro atoms. The molecule has 5 nitrogen and oxygen atoms in total. The molecule has 5 heteroatoms. The quantitative estimate of drug-likeness (QED) is 0.730. The van der Waals surface area contributed by atoms with Crippen LogP contribution in [0.25, 0.3) is 0 Å². The largest absolute Gasteiger partial charge is 0.350 e. The van der Waals surface area contributed by atoms with Gasteiger partial charge in [-0.2, -0.15) is 0 Å². The van der Waals surface area contributed by atoms with Gasteiger partial charge in [-0.3, -0.25) is 4.79 Å². The minimum absolute atomic E-state index is 0.0200. The van der Waals surface area contributed by atoms with Crippen LogP contribution >= 0.6 is 0 Å². The van der Waals surface area contributed by atoms with E-state index in [4.69, 9.17) is 0 Å². The number of hydrogen-bond acceptors (Lipinski definition) is 2. The van der Waals surface area contributed by atoms with Crippen molar-refractivity contribution in [2.75, 3.05) is 6.54 Å². The van der Waals surface area contributed by atoms with Gasteiger partial charge >= 0.3 is 6.03 Å². The lowest BCUT2D eigenvalue weighted by atomic mass is 9.82. The molecule has 0 unspecified atom stereocenters. The molecule has 22 heavy (non-hydrogen) atoms. The number of nitrogens with one attached hydrogen (secondary N) is 3. The number of carbonyl (C=O) groups is 2. The first-order valence-electron chi connectivity index (χ1n) is 8.43. The third-order valence-electron chi connectivity index (χ3n) is 3.80. The van der Waals surface area contributed by atoms with E-state index in [0.717, 1.165) is 19.3 Å². The average Bonchev–Trinajstić information content (AvgIpc) is 2.34. The molecular formula is C17H33N3O2. The van der Waals surface area contributed by atoms with Gasteiger partial charge in [0.15, 0.2) is 0 Å². The van der Waals surface area contributed by atoms with Gasteiger partial charge < -0.3 is 16.0 Å². The van der Waals surface area contributed by atoms with E-state index >= 15 is 0 Å². The van der Waals surface area contributed by atoms with Crippen molar-refractivity contribution in [3.63, 3.8) is 0 Å². The predicted octanol–water partition coefficient (Wildman–Crippen LogP) is 2.95. The van der Waals surface area contributed by atoms with E-state index in [2.05, 4.69) is 36.7 Å². The van der Waals surface area contributed by atoms with E-state index in [1.54, 1.807) is 0 Å². The summed E-state index contributed by atoms with van der Waals surface area (Å²) < 4.78 is 0. The molecule has 0 heterocycles. The summed E-state index contributed by atoms with van der Waals surface area (Å²) in [7, 11) is 0. The zero-order valence-electron chi connectivity index (χ0n) is 14.8. The number of rotatable bonds is 5. The normalized spacial score (nSPS) is 17.0. The summed E-state index contributed by atoms with van der Waals surface area (Å²) in [6.45, 7) is 10.5. The van der Waals surface area contributed by atoms with Crippen LogP contribution in [0.5, 0.6) is 0 Å². The minimum Gasteiger partial charge on any atom is -0.350 e. The molecule has 0 aromatic carbocycles. The van der Waals surface area contributed by atoms with Crippen molar-refractivity contribution < 1.29 is 9.59 Å². The predicted molar refractivity (Wildman–Crippen MR) is 89.7 cm³/mol. The van der Waals surface area contributed by atoms with Gasteiger partial charge in [-0.25, -0.2) is 4.79 Å². The first kappa shape index (κ1) is 18.8. The zero-order valence-corrected chi connectivity index (χ0v) is 14.8. The van der Waals surface area contributed by atoms with E-state index < -0.39 is 0 Å². The Labute approximate surface area is 135 Å². The van der Waals surface area contributed by atoms with E-state index in [1.165, 1.54) is 19.3 Å². The molecule has 1 aliphatic rings. The highest BCUT2D eigenvalue weighted by Gasteiger charge is 2.27. The van der Waals surface area contributed by atoms with Crippen LogP contribution in [0.1, 0.15) is 73.1 Å². The van der Waals surface area contributed by atoms with Gasteiger partial charge in [0.1, 0.15) is 0 Å². The highest BCUT2D eigenvalue weighted by atomic mass is 16.2. The molecule has 0 saturated heterocycles. The maximum absolute atomic E-state index is 12.0. The fourth-order valence-corrected chi connectivity index (χ4v) is 3.44. The number of amides is 3. The summed E-state index contributed by atoms with van der Waals surface area (Å²) in [4.78, 5) is 23.8.